The van der Waals surface area contributed by atoms with Crippen molar-refractivity contribution in [1.82, 2.24) is 4.90 Å². The average Bonchev–Trinajstić information content (AvgIpc) is 2.66. The normalized spacial score (nSPS) is 10.7. The Morgan fingerprint density at radius 3 is 2.32 bits per heavy atom. The molecule has 0 heterocycles. The van der Waals surface area contributed by atoms with E-state index in [1.54, 1.807) is 44.4 Å². The molecule has 0 saturated carbocycles. The van der Waals surface area contributed by atoms with Crippen LogP contribution in [0, 0.1) is 0 Å². The molecule has 0 fully saturated rings. The maximum Gasteiger partial charge on any atom is 0.246 e. The molecule has 0 aliphatic carbocycles. The molecule has 0 saturated heterocycles. The third kappa shape index (κ3) is 5.11. The molecule has 4 heteroatoms. The lowest BCUT2D eigenvalue weighted by molar-refractivity contribution is -0.125. The van der Waals surface area contributed by atoms with E-state index in [4.69, 9.17) is 9.47 Å². The van der Waals surface area contributed by atoms with Crippen LogP contribution in [0.2, 0.25) is 0 Å². The maximum absolute atomic E-state index is 12.3. The van der Waals surface area contributed by atoms with Crippen LogP contribution in [-0.4, -0.2) is 32.1 Å². The molecule has 132 valence electrons. The van der Waals surface area contributed by atoms with Gasteiger partial charge in [0.05, 0.1) is 14.2 Å². The highest BCUT2D eigenvalue weighted by Gasteiger charge is 2.07. The van der Waals surface area contributed by atoms with Gasteiger partial charge in [-0.1, -0.05) is 31.2 Å². The Morgan fingerprint density at radius 1 is 1.04 bits per heavy atom. The Labute approximate surface area is 149 Å². The van der Waals surface area contributed by atoms with E-state index in [1.807, 2.05) is 12.1 Å². The minimum Gasteiger partial charge on any atom is -0.497 e. The van der Waals surface area contributed by atoms with Crippen molar-refractivity contribution in [1.29, 1.82) is 0 Å². The SMILES string of the molecule is CCc1ccc(CN(C)C(=O)/C=C/c2ccc(OC)cc2OC)cc1. The second kappa shape index (κ2) is 8.92. The van der Waals surface area contributed by atoms with Crippen LogP contribution in [0.3, 0.4) is 0 Å². The summed E-state index contributed by atoms with van der Waals surface area (Å²) in [6.07, 6.45) is 4.34. The first kappa shape index (κ1) is 18.6. The second-order valence-corrected chi connectivity index (χ2v) is 5.81. The molecule has 2 rings (SSSR count). The standard InChI is InChI=1S/C21H25NO3/c1-5-16-6-8-17(9-7-16)15-22(2)21(23)13-11-18-10-12-19(24-3)14-20(18)25-4/h6-14H,5,15H2,1-4H3/b13-11+. The van der Waals surface area contributed by atoms with E-state index >= 15 is 0 Å². The fraction of sp³-hybridized carbons (Fsp3) is 0.286. The number of benzene rings is 2. The van der Waals surface area contributed by atoms with Crippen LogP contribution >= 0.6 is 0 Å². The van der Waals surface area contributed by atoms with Crippen molar-refractivity contribution in [2.24, 2.45) is 0 Å². The number of carbonyl (C=O) groups excluding carboxylic acids is 1. The predicted octanol–water partition coefficient (Wildman–Crippen LogP) is 3.94. The van der Waals surface area contributed by atoms with E-state index in [0.29, 0.717) is 18.0 Å². The van der Waals surface area contributed by atoms with Gasteiger partial charge in [0.2, 0.25) is 5.91 Å². The zero-order chi connectivity index (χ0) is 18.2. The van der Waals surface area contributed by atoms with Crippen molar-refractivity contribution < 1.29 is 14.3 Å². The topological polar surface area (TPSA) is 38.8 Å². The van der Waals surface area contributed by atoms with Crippen molar-refractivity contribution in [2.75, 3.05) is 21.3 Å². The van der Waals surface area contributed by atoms with Gasteiger partial charge in [0.15, 0.2) is 0 Å². The summed E-state index contributed by atoms with van der Waals surface area (Å²) in [7, 11) is 5.00. The minimum atomic E-state index is -0.0579. The van der Waals surface area contributed by atoms with Gasteiger partial charge in [-0.25, -0.2) is 0 Å². The summed E-state index contributed by atoms with van der Waals surface area (Å²) in [5.74, 6) is 1.33. The Hall–Kier alpha value is -2.75. The van der Waals surface area contributed by atoms with E-state index in [0.717, 1.165) is 17.5 Å². The number of hydrogen-bond acceptors (Lipinski definition) is 3. The number of hydrogen-bond donors (Lipinski definition) is 0. The lowest BCUT2D eigenvalue weighted by atomic mass is 10.1. The van der Waals surface area contributed by atoms with Gasteiger partial charge in [-0.05, 0) is 35.8 Å². The molecule has 25 heavy (non-hydrogen) atoms. The van der Waals surface area contributed by atoms with Crippen molar-refractivity contribution in [3.63, 3.8) is 0 Å². The van der Waals surface area contributed by atoms with E-state index in [1.165, 1.54) is 5.56 Å². The Kier molecular flexibility index (Phi) is 6.63. The van der Waals surface area contributed by atoms with Crippen molar-refractivity contribution >= 4 is 12.0 Å². The van der Waals surface area contributed by atoms with Gasteiger partial charge in [-0.2, -0.15) is 0 Å². The van der Waals surface area contributed by atoms with Crippen LogP contribution in [0.4, 0.5) is 0 Å². The Bertz CT molecular complexity index is 735. The van der Waals surface area contributed by atoms with Crippen molar-refractivity contribution in [3.05, 3.63) is 65.2 Å². The van der Waals surface area contributed by atoms with E-state index < -0.39 is 0 Å². The molecule has 0 aliphatic heterocycles. The minimum absolute atomic E-state index is 0.0579. The van der Waals surface area contributed by atoms with E-state index in [9.17, 15) is 4.79 Å². The van der Waals surface area contributed by atoms with Crippen LogP contribution in [0.1, 0.15) is 23.6 Å². The summed E-state index contributed by atoms with van der Waals surface area (Å²) >= 11 is 0. The Morgan fingerprint density at radius 2 is 1.72 bits per heavy atom. The molecule has 0 N–H and O–H groups in total. The first-order valence-corrected chi connectivity index (χ1v) is 8.30. The molecular formula is C21H25NO3. The summed E-state index contributed by atoms with van der Waals surface area (Å²) < 4.78 is 10.5. The van der Waals surface area contributed by atoms with Gasteiger partial charge < -0.3 is 14.4 Å². The first-order valence-electron chi connectivity index (χ1n) is 8.30. The lowest BCUT2D eigenvalue weighted by Gasteiger charge is -2.15. The monoisotopic (exact) mass is 339 g/mol. The van der Waals surface area contributed by atoms with E-state index in [2.05, 4.69) is 31.2 Å². The molecule has 0 atom stereocenters. The van der Waals surface area contributed by atoms with Crippen molar-refractivity contribution in [3.8, 4) is 11.5 Å². The summed E-state index contributed by atoms with van der Waals surface area (Å²) in [5, 5.41) is 0. The number of carbonyl (C=O) groups is 1. The van der Waals surface area contributed by atoms with Crippen molar-refractivity contribution in [2.45, 2.75) is 19.9 Å². The third-order valence-corrected chi connectivity index (χ3v) is 4.07. The number of rotatable bonds is 7. The highest BCUT2D eigenvalue weighted by atomic mass is 16.5. The van der Waals surface area contributed by atoms with Gasteiger partial charge in [-0.15, -0.1) is 0 Å². The molecular weight excluding hydrogens is 314 g/mol. The highest BCUT2D eigenvalue weighted by molar-refractivity contribution is 5.92. The number of methoxy groups -OCH3 is 2. The summed E-state index contributed by atoms with van der Waals surface area (Å²) in [6.45, 7) is 2.70. The summed E-state index contributed by atoms with van der Waals surface area (Å²) in [4.78, 5) is 14.0. The fourth-order valence-corrected chi connectivity index (χ4v) is 2.48. The summed E-state index contributed by atoms with van der Waals surface area (Å²) in [5.41, 5.74) is 3.24. The van der Waals surface area contributed by atoms with Crippen LogP contribution < -0.4 is 9.47 Å². The van der Waals surface area contributed by atoms with E-state index in [-0.39, 0.29) is 5.91 Å². The smallest absolute Gasteiger partial charge is 0.246 e. The molecule has 0 radical (unpaired) electrons. The molecule has 0 unspecified atom stereocenters. The largest absolute Gasteiger partial charge is 0.497 e. The van der Waals surface area contributed by atoms with Gasteiger partial charge in [0.1, 0.15) is 11.5 Å². The van der Waals surface area contributed by atoms with Gasteiger partial charge >= 0.3 is 0 Å². The lowest BCUT2D eigenvalue weighted by Crippen LogP contribution is -2.24. The molecule has 2 aromatic rings. The number of likely N-dealkylation sites (N-methyl/N-ethyl adjacent to an activating group) is 1. The number of aryl methyl sites for hydroxylation is 1. The van der Waals surface area contributed by atoms with Crippen LogP contribution in [0.25, 0.3) is 6.08 Å². The maximum atomic E-state index is 12.3. The molecule has 0 aliphatic rings. The summed E-state index contributed by atoms with van der Waals surface area (Å²) in [6, 6.07) is 13.8. The predicted molar refractivity (Wildman–Crippen MR) is 101 cm³/mol. The number of amides is 1. The molecule has 0 aromatic heterocycles. The average molecular weight is 339 g/mol. The van der Waals surface area contributed by atoms with Crippen LogP contribution in [0.5, 0.6) is 11.5 Å². The molecule has 2 aromatic carbocycles. The zero-order valence-corrected chi connectivity index (χ0v) is 15.3. The highest BCUT2D eigenvalue weighted by Crippen LogP contribution is 2.25. The molecule has 4 nitrogen and oxygen atoms in total. The molecule has 1 amide bonds. The quantitative estimate of drug-likeness (QED) is 0.717. The zero-order valence-electron chi connectivity index (χ0n) is 15.3. The third-order valence-electron chi connectivity index (χ3n) is 4.07. The second-order valence-electron chi connectivity index (χ2n) is 5.81. The number of nitrogens with zero attached hydrogens (tertiary/aromatic N) is 1. The number of ether oxygens (including phenoxy) is 2. The van der Waals surface area contributed by atoms with Crippen LogP contribution in [-0.2, 0) is 17.8 Å². The first-order chi connectivity index (χ1) is 12.1. The molecule has 0 bridgehead atoms. The fourth-order valence-electron chi connectivity index (χ4n) is 2.48. The van der Waals surface area contributed by atoms with Gasteiger partial charge in [0.25, 0.3) is 0 Å². The van der Waals surface area contributed by atoms with Crippen LogP contribution in [0.15, 0.2) is 48.5 Å². The molecule has 0 spiro atoms. The Balaban J connectivity index is 2.03. The van der Waals surface area contributed by atoms with Gasteiger partial charge in [0, 0.05) is 31.3 Å². The van der Waals surface area contributed by atoms with Gasteiger partial charge in [-0.3, -0.25) is 4.79 Å².